The Balaban J connectivity index is 2.59. The fourth-order valence-electron chi connectivity index (χ4n) is 1.45. The Morgan fingerprint density at radius 2 is 2.36 bits per heavy atom. The first-order chi connectivity index (χ1) is 6.85. The van der Waals surface area contributed by atoms with Crippen molar-refractivity contribution >= 4 is 12.4 Å². The molecular weight excluding hydrogens is 180 g/mol. The Labute approximate surface area is 81.9 Å². The molecule has 0 unspecified atom stereocenters. The van der Waals surface area contributed by atoms with E-state index in [4.69, 9.17) is 9.47 Å². The van der Waals surface area contributed by atoms with Gasteiger partial charge in [-0.1, -0.05) is 6.08 Å². The molecule has 3 nitrogen and oxygen atoms in total. The lowest BCUT2D eigenvalue weighted by Crippen LogP contribution is -2.03. The summed E-state index contributed by atoms with van der Waals surface area (Å²) in [5.74, 6) is 1.31. The van der Waals surface area contributed by atoms with Gasteiger partial charge in [0.05, 0.1) is 7.11 Å². The van der Waals surface area contributed by atoms with Crippen LogP contribution in [0.5, 0.6) is 11.5 Å². The van der Waals surface area contributed by atoms with Crippen molar-refractivity contribution in [2.24, 2.45) is 0 Å². The van der Waals surface area contributed by atoms with Gasteiger partial charge in [-0.05, 0) is 18.2 Å². The third kappa shape index (κ3) is 1.37. The van der Waals surface area contributed by atoms with Crippen LogP contribution < -0.4 is 9.47 Å². The number of rotatable bonds is 2. The maximum atomic E-state index is 10.6. The highest BCUT2D eigenvalue weighted by Crippen LogP contribution is 2.35. The van der Waals surface area contributed by atoms with Crippen LogP contribution in [-0.4, -0.2) is 20.0 Å². The van der Waals surface area contributed by atoms with E-state index in [2.05, 4.69) is 0 Å². The second-order valence-corrected chi connectivity index (χ2v) is 2.97. The van der Waals surface area contributed by atoms with Crippen molar-refractivity contribution in [1.82, 2.24) is 0 Å². The van der Waals surface area contributed by atoms with Crippen molar-refractivity contribution in [2.75, 3.05) is 13.7 Å². The number of carbonyl (C=O) groups excluding carboxylic acids is 1. The summed E-state index contributed by atoms with van der Waals surface area (Å²) in [5, 5.41) is 0. The smallest absolute Gasteiger partial charge is 0.168 e. The van der Waals surface area contributed by atoms with E-state index in [0.717, 1.165) is 11.8 Å². The van der Waals surface area contributed by atoms with Crippen LogP contribution >= 0.6 is 0 Å². The normalized spacial score (nSPS) is 12.9. The first kappa shape index (κ1) is 8.81. The highest BCUT2D eigenvalue weighted by molar-refractivity contribution is 5.80. The summed E-state index contributed by atoms with van der Waals surface area (Å²) < 4.78 is 10.6. The van der Waals surface area contributed by atoms with Gasteiger partial charge in [0.1, 0.15) is 12.9 Å². The van der Waals surface area contributed by atoms with E-state index in [-0.39, 0.29) is 0 Å². The minimum atomic E-state index is 0.545. The van der Waals surface area contributed by atoms with E-state index in [9.17, 15) is 4.79 Å². The number of aldehydes is 1. The molecule has 1 aromatic rings. The molecule has 2 rings (SSSR count). The SMILES string of the molecule is COc1cc(C=O)cc2c1OCC=C2. The van der Waals surface area contributed by atoms with Crippen LogP contribution in [0.15, 0.2) is 18.2 Å². The summed E-state index contributed by atoms with van der Waals surface area (Å²) in [6, 6.07) is 3.45. The van der Waals surface area contributed by atoms with E-state index in [0.29, 0.717) is 23.7 Å². The van der Waals surface area contributed by atoms with Gasteiger partial charge in [0.25, 0.3) is 0 Å². The number of methoxy groups -OCH3 is 1. The lowest BCUT2D eigenvalue weighted by molar-refractivity contribution is 0.112. The molecule has 0 spiro atoms. The van der Waals surface area contributed by atoms with Crippen LogP contribution in [0.3, 0.4) is 0 Å². The monoisotopic (exact) mass is 190 g/mol. The van der Waals surface area contributed by atoms with Gasteiger partial charge in [0.15, 0.2) is 11.5 Å². The minimum absolute atomic E-state index is 0.545. The topological polar surface area (TPSA) is 35.5 Å². The van der Waals surface area contributed by atoms with Gasteiger partial charge in [-0.25, -0.2) is 0 Å². The van der Waals surface area contributed by atoms with Gasteiger partial charge in [-0.15, -0.1) is 0 Å². The molecule has 0 saturated heterocycles. The van der Waals surface area contributed by atoms with Gasteiger partial charge in [0.2, 0.25) is 0 Å². The largest absolute Gasteiger partial charge is 0.493 e. The summed E-state index contributed by atoms with van der Waals surface area (Å²) in [7, 11) is 1.56. The number of fused-ring (bicyclic) bond motifs is 1. The predicted molar refractivity (Wildman–Crippen MR) is 52.9 cm³/mol. The van der Waals surface area contributed by atoms with Crippen molar-refractivity contribution in [3.63, 3.8) is 0 Å². The predicted octanol–water partition coefficient (Wildman–Crippen LogP) is 1.91. The molecule has 1 aliphatic rings. The molecule has 0 N–H and O–H groups in total. The maximum Gasteiger partial charge on any atom is 0.168 e. The number of ether oxygens (including phenoxy) is 2. The highest BCUT2D eigenvalue weighted by Gasteiger charge is 2.13. The van der Waals surface area contributed by atoms with Crippen LogP contribution in [0.25, 0.3) is 6.08 Å². The molecule has 0 saturated carbocycles. The van der Waals surface area contributed by atoms with Crippen molar-refractivity contribution < 1.29 is 14.3 Å². The lowest BCUT2D eigenvalue weighted by atomic mass is 10.1. The second kappa shape index (κ2) is 3.54. The first-order valence-corrected chi connectivity index (χ1v) is 4.31. The summed E-state index contributed by atoms with van der Waals surface area (Å²) in [6.07, 6.45) is 4.62. The summed E-state index contributed by atoms with van der Waals surface area (Å²) in [5.41, 5.74) is 1.48. The molecule has 0 fully saturated rings. The maximum absolute atomic E-state index is 10.6. The Kier molecular flexibility index (Phi) is 2.23. The van der Waals surface area contributed by atoms with Gasteiger partial charge in [-0.2, -0.15) is 0 Å². The molecule has 0 radical (unpaired) electrons. The second-order valence-electron chi connectivity index (χ2n) is 2.97. The van der Waals surface area contributed by atoms with Crippen molar-refractivity contribution in [2.45, 2.75) is 0 Å². The van der Waals surface area contributed by atoms with Gasteiger partial charge in [0, 0.05) is 11.1 Å². The summed E-state index contributed by atoms with van der Waals surface area (Å²) in [6.45, 7) is 0.545. The van der Waals surface area contributed by atoms with E-state index < -0.39 is 0 Å². The third-order valence-electron chi connectivity index (χ3n) is 2.08. The quantitative estimate of drug-likeness (QED) is 0.668. The molecule has 1 heterocycles. The molecular formula is C11H10O3. The van der Waals surface area contributed by atoms with E-state index in [1.807, 2.05) is 12.2 Å². The van der Waals surface area contributed by atoms with Crippen molar-refractivity contribution in [1.29, 1.82) is 0 Å². The summed E-state index contributed by atoms with van der Waals surface area (Å²) in [4.78, 5) is 10.6. The zero-order valence-corrected chi connectivity index (χ0v) is 7.82. The Morgan fingerprint density at radius 1 is 1.50 bits per heavy atom. The zero-order valence-electron chi connectivity index (χ0n) is 7.82. The van der Waals surface area contributed by atoms with Crippen LogP contribution in [0.1, 0.15) is 15.9 Å². The molecule has 3 heteroatoms. The summed E-state index contributed by atoms with van der Waals surface area (Å²) >= 11 is 0. The molecule has 0 atom stereocenters. The number of hydrogen-bond donors (Lipinski definition) is 0. The fraction of sp³-hybridized carbons (Fsp3) is 0.182. The first-order valence-electron chi connectivity index (χ1n) is 4.31. The molecule has 0 aliphatic carbocycles. The van der Waals surface area contributed by atoms with Gasteiger partial charge < -0.3 is 9.47 Å². The van der Waals surface area contributed by atoms with Crippen LogP contribution in [0.4, 0.5) is 0 Å². The minimum Gasteiger partial charge on any atom is -0.493 e. The zero-order chi connectivity index (χ0) is 9.97. The Bertz CT molecular complexity index is 394. The molecule has 72 valence electrons. The highest BCUT2D eigenvalue weighted by atomic mass is 16.5. The number of carbonyl (C=O) groups is 1. The van der Waals surface area contributed by atoms with Gasteiger partial charge in [-0.3, -0.25) is 4.79 Å². The van der Waals surface area contributed by atoms with Crippen LogP contribution in [0, 0.1) is 0 Å². The third-order valence-corrected chi connectivity index (χ3v) is 2.08. The average Bonchev–Trinajstić information content (AvgIpc) is 2.27. The van der Waals surface area contributed by atoms with E-state index in [1.165, 1.54) is 0 Å². The van der Waals surface area contributed by atoms with Crippen molar-refractivity contribution in [3.8, 4) is 11.5 Å². The van der Waals surface area contributed by atoms with E-state index >= 15 is 0 Å². The van der Waals surface area contributed by atoms with Crippen LogP contribution in [0.2, 0.25) is 0 Å². The molecule has 0 amide bonds. The average molecular weight is 190 g/mol. The van der Waals surface area contributed by atoms with Crippen LogP contribution in [-0.2, 0) is 0 Å². The fourth-order valence-corrected chi connectivity index (χ4v) is 1.45. The van der Waals surface area contributed by atoms with Crippen molar-refractivity contribution in [3.05, 3.63) is 29.3 Å². The number of benzene rings is 1. The Morgan fingerprint density at radius 3 is 3.07 bits per heavy atom. The molecule has 0 bridgehead atoms. The van der Waals surface area contributed by atoms with E-state index in [1.54, 1.807) is 19.2 Å². The Hall–Kier alpha value is -1.77. The number of hydrogen-bond acceptors (Lipinski definition) is 3. The standard InChI is InChI=1S/C11H10O3/c1-13-10-6-8(7-12)5-9-3-2-4-14-11(9)10/h2-3,5-7H,4H2,1H3. The lowest BCUT2D eigenvalue weighted by Gasteiger charge is -2.16. The molecule has 14 heavy (non-hydrogen) atoms. The molecule has 1 aromatic carbocycles. The molecule has 0 aromatic heterocycles. The molecule has 1 aliphatic heterocycles. The van der Waals surface area contributed by atoms with Gasteiger partial charge >= 0.3 is 0 Å².